The van der Waals surface area contributed by atoms with E-state index < -0.39 is 0 Å². The molecule has 1 fully saturated rings. The average molecular weight is 386 g/mol. The van der Waals surface area contributed by atoms with Crippen molar-refractivity contribution in [2.45, 2.75) is 0 Å². The maximum Gasteiger partial charge on any atom is 0.274 e. The van der Waals surface area contributed by atoms with Gasteiger partial charge in [0, 0.05) is 50.3 Å². The highest BCUT2D eigenvalue weighted by Gasteiger charge is 2.21. The van der Waals surface area contributed by atoms with Crippen LogP contribution in [0.15, 0.2) is 55.1 Å². The van der Waals surface area contributed by atoms with Gasteiger partial charge in [-0.25, -0.2) is 19.9 Å². The molecule has 0 unspecified atom stereocenters. The molecule has 144 valence electrons. The van der Waals surface area contributed by atoms with Crippen LogP contribution in [-0.2, 0) is 0 Å². The van der Waals surface area contributed by atoms with E-state index >= 15 is 0 Å². The molecule has 1 aromatic carbocycles. The van der Waals surface area contributed by atoms with Crippen LogP contribution in [0.2, 0.25) is 0 Å². The molecule has 0 aliphatic carbocycles. The minimum absolute atomic E-state index is 0.270. The molecular formula is C20H18N8O. The van der Waals surface area contributed by atoms with Crippen LogP contribution in [0.5, 0.6) is 0 Å². The van der Waals surface area contributed by atoms with Gasteiger partial charge in [0.15, 0.2) is 0 Å². The van der Waals surface area contributed by atoms with Crippen molar-refractivity contribution in [2.75, 3.05) is 41.3 Å². The topological polar surface area (TPSA) is 111 Å². The summed E-state index contributed by atoms with van der Waals surface area (Å²) in [6, 6.07) is 12.3. The highest BCUT2D eigenvalue weighted by Crippen LogP contribution is 2.17. The first-order valence-electron chi connectivity index (χ1n) is 9.13. The molecule has 0 radical (unpaired) electrons. The first-order valence-corrected chi connectivity index (χ1v) is 9.13. The maximum absolute atomic E-state index is 12.6. The van der Waals surface area contributed by atoms with Gasteiger partial charge in [0.25, 0.3) is 5.91 Å². The quantitative estimate of drug-likeness (QED) is 0.721. The summed E-state index contributed by atoms with van der Waals surface area (Å²) in [6.45, 7) is 2.99. The SMILES string of the molecule is N#Cc1cccc(NC(=O)c2cc(N3CCN(c4ncccn4)CC3)ncn2)c1. The Labute approximate surface area is 167 Å². The summed E-state index contributed by atoms with van der Waals surface area (Å²) in [7, 11) is 0. The number of carbonyl (C=O) groups is 1. The minimum Gasteiger partial charge on any atom is -0.353 e. The van der Waals surface area contributed by atoms with E-state index in [1.807, 2.05) is 0 Å². The summed E-state index contributed by atoms with van der Waals surface area (Å²) >= 11 is 0. The molecule has 9 nitrogen and oxygen atoms in total. The van der Waals surface area contributed by atoms with Gasteiger partial charge < -0.3 is 15.1 Å². The summed E-state index contributed by atoms with van der Waals surface area (Å²) in [6.07, 6.45) is 4.86. The zero-order valence-electron chi connectivity index (χ0n) is 15.6. The van der Waals surface area contributed by atoms with Gasteiger partial charge in [0.2, 0.25) is 5.95 Å². The number of piperazine rings is 1. The molecule has 0 spiro atoms. The number of nitrogens with zero attached hydrogens (tertiary/aromatic N) is 7. The highest BCUT2D eigenvalue weighted by atomic mass is 16.1. The van der Waals surface area contributed by atoms with Gasteiger partial charge in [0.05, 0.1) is 11.6 Å². The van der Waals surface area contributed by atoms with Crippen LogP contribution in [0, 0.1) is 11.3 Å². The van der Waals surface area contributed by atoms with E-state index in [1.165, 1.54) is 6.33 Å². The fourth-order valence-corrected chi connectivity index (χ4v) is 3.10. The lowest BCUT2D eigenvalue weighted by atomic mass is 10.2. The molecular weight excluding hydrogens is 368 g/mol. The van der Waals surface area contributed by atoms with E-state index in [4.69, 9.17) is 5.26 Å². The number of nitrogens with one attached hydrogen (secondary N) is 1. The van der Waals surface area contributed by atoms with Crippen molar-refractivity contribution in [3.05, 3.63) is 66.4 Å². The minimum atomic E-state index is -0.347. The average Bonchev–Trinajstić information content (AvgIpc) is 2.80. The van der Waals surface area contributed by atoms with Crippen molar-refractivity contribution in [2.24, 2.45) is 0 Å². The predicted octanol–water partition coefficient (Wildman–Crippen LogP) is 1.72. The number of anilines is 3. The van der Waals surface area contributed by atoms with Crippen molar-refractivity contribution >= 4 is 23.4 Å². The fourth-order valence-electron chi connectivity index (χ4n) is 3.10. The number of hydrogen-bond acceptors (Lipinski definition) is 8. The third-order valence-electron chi connectivity index (χ3n) is 4.57. The van der Waals surface area contributed by atoms with E-state index in [0.717, 1.165) is 32.1 Å². The normalized spacial score (nSPS) is 13.6. The highest BCUT2D eigenvalue weighted by molar-refractivity contribution is 6.03. The van der Waals surface area contributed by atoms with Crippen molar-refractivity contribution in [1.82, 2.24) is 19.9 Å². The maximum atomic E-state index is 12.6. The first kappa shape index (κ1) is 18.3. The van der Waals surface area contributed by atoms with Crippen molar-refractivity contribution < 1.29 is 4.79 Å². The van der Waals surface area contributed by atoms with Gasteiger partial charge >= 0.3 is 0 Å². The van der Waals surface area contributed by atoms with Crippen LogP contribution in [0.25, 0.3) is 0 Å². The Hall–Kier alpha value is -4.06. The molecule has 3 heterocycles. The van der Waals surface area contributed by atoms with Gasteiger partial charge in [-0.1, -0.05) is 6.07 Å². The summed E-state index contributed by atoms with van der Waals surface area (Å²) < 4.78 is 0. The first-order chi connectivity index (χ1) is 14.2. The number of hydrogen-bond donors (Lipinski definition) is 1. The Balaban J connectivity index is 1.42. The second kappa shape index (κ2) is 8.31. The van der Waals surface area contributed by atoms with E-state index in [2.05, 4.69) is 41.1 Å². The molecule has 0 atom stereocenters. The molecule has 3 aromatic rings. The van der Waals surface area contributed by atoms with E-state index in [-0.39, 0.29) is 11.6 Å². The Morgan fingerprint density at radius 2 is 1.72 bits per heavy atom. The van der Waals surface area contributed by atoms with Gasteiger partial charge in [-0.05, 0) is 24.3 Å². The Morgan fingerprint density at radius 1 is 0.966 bits per heavy atom. The largest absolute Gasteiger partial charge is 0.353 e. The number of nitriles is 1. The molecule has 9 heteroatoms. The third-order valence-corrected chi connectivity index (χ3v) is 4.57. The van der Waals surface area contributed by atoms with Crippen molar-refractivity contribution in [3.63, 3.8) is 0 Å². The van der Waals surface area contributed by atoms with E-state index in [9.17, 15) is 4.79 Å². The van der Waals surface area contributed by atoms with Gasteiger partial charge in [-0.15, -0.1) is 0 Å². The van der Waals surface area contributed by atoms with Gasteiger partial charge in [0.1, 0.15) is 17.8 Å². The van der Waals surface area contributed by atoms with Crippen LogP contribution in [-0.4, -0.2) is 52.0 Å². The number of rotatable bonds is 4. The number of carbonyl (C=O) groups excluding carboxylic acids is 1. The fraction of sp³-hybridized carbons (Fsp3) is 0.200. The van der Waals surface area contributed by atoms with E-state index in [0.29, 0.717) is 17.1 Å². The van der Waals surface area contributed by atoms with Crippen LogP contribution >= 0.6 is 0 Å². The second-order valence-electron chi connectivity index (χ2n) is 6.43. The Kier molecular flexibility index (Phi) is 5.25. The summed E-state index contributed by atoms with van der Waals surface area (Å²) in [5.41, 5.74) is 1.29. The van der Waals surface area contributed by atoms with Crippen LogP contribution < -0.4 is 15.1 Å². The second-order valence-corrected chi connectivity index (χ2v) is 6.43. The molecule has 1 saturated heterocycles. The number of benzene rings is 1. The van der Waals surface area contributed by atoms with Crippen LogP contribution in [0.1, 0.15) is 16.1 Å². The summed E-state index contributed by atoms with van der Waals surface area (Å²) in [5.74, 6) is 1.07. The molecule has 1 aliphatic heterocycles. The summed E-state index contributed by atoms with van der Waals surface area (Å²) in [4.78, 5) is 33.8. The molecule has 1 amide bonds. The van der Waals surface area contributed by atoms with Gasteiger partial charge in [-0.3, -0.25) is 4.79 Å². The Bertz CT molecular complexity index is 1040. The van der Waals surface area contributed by atoms with Crippen LogP contribution in [0.4, 0.5) is 17.5 Å². The standard InChI is InChI=1S/C20H18N8O/c21-13-15-3-1-4-16(11-15)26-19(29)17-12-18(25-14-24-17)27-7-9-28(10-8-27)20-22-5-2-6-23-20/h1-6,11-12,14H,7-10H2,(H,26,29). The molecule has 2 aromatic heterocycles. The lowest BCUT2D eigenvalue weighted by Crippen LogP contribution is -2.47. The lowest BCUT2D eigenvalue weighted by Gasteiger charge is -2.35. The molecule has 0 saturated carbocycles. The molecule has 1 aliphatic rings. The predicted molar refractivity (Wildman–Crippen MR) is 108 cm³/mol. The number of aromatic nitrogens is 4. The molecule has 29 heavy (non-hydrogen) atoms. The smallest absolute Gasteiger partial charge is 0.274 e. The summed E-state index contributed by atoms with van der Waals surface area (Å²) in [5, 5.41) is 11.8. The lowest BCUT2D eigenvalue weighted by molar-refractivity contribution is 0.102. The Morgan fingerprint density at radius 3 is 2.48 bits per heavy atom. The zero-order valence-corrected chi connectivity index (χ0v) is 15.6. The van der Waals surface area contributed by atoms with Gasteiger partial charge in [-0.2, -0.15) is 5.26 Å². The van der Waals surface area contributed by atoms with Crippen molar-refractivity contribution in [3.8, 4) is 6.07 Å². The van der Waals surface area contributed by atoms with Crippen molar-refractivity contribution in [1.29, 1.82) is 5.26 Å². The molecule has 1 N–H and O–H groups in total. The van der Waals surface area contributed by atoms with Crippen LogP contribution in [0.3, 0.4) is 0 Å². The van der Waals surface area contributed by atoms with E-state index in [1.54, 1.807) is 48.8 Å². The molecule has 0 bridgehead atoms. The zero-order chi connectivity index (χ0) is 20.1. The molecule has 4 rings (SSSR count). The third kappa shape index (κ3) is 4.27. The monoisotopic (exact) mass is 386 g/mol. The number of amides is 1.